The summed E-state index contributed by atoms with van der Waals surface area (Å²) in [4.78, 5) is 10.0. The van der Waals surface area contributed by atoms with Crippen LogP contribution in [-0.2, 0) is 0 Å². The SMILES string of the molecule is NC(=S)N/N=C/c1cc(O)ccc1[N+](=O)[O-]. The zero-order valence-electron chi connectivity index (χ0n) is 7.95. The second-order valence-corrected chi connectivity index (χ2v) is 3.17. The first-order chi connectivity index (χ1) is 7.50. The number of phenols is 1. The van der Waals surface area contributed by atoms with Gasteiger partial charge >= 0.3 is 0 Å². The molecular formula is C8H8N4O3S. The number of thiocarbonyl (C=S) groups is 1. The van der Waals surface area contributed by atoms with E-state index in [1.807, 2.05) is 0 Å². The Balaban J connectivity index is 3.01. The van der Waals surface area contributed by atoms with Crippen LogP contribution in [0.1, 0.15) is 5.56 Å². The number of nitro benzene ring substituents is 1. The highest BCUT2D eigenvalue weighted by Gasteiger charge is 2.12. The van der Waals surface area contributed by atoms with Crippen LogP contribution in [0.25, 0.3) is 0 Å². The number of phenolic OH excluding ortho intramolecular Hbond substituents is 1. The highest BCUT2D eigenvalue weighted by molar-refractivity contribution is 7.80. The zero-order valence-corrected chi connectivity index (χ0v) is 8.77. The number of aromatic hydroxyl groups is 1. The summed E-state index contributed by atoms with van der Waals surface area (Å²) in [5.74, 6) is -0.0950. The fourth-order valence-electron chi connectivity index (χ4n) is 0.977. The number of nitro groups is 1. The standard InChI is InChI=1S/C8H8N4O3S/c9-8(16)11-10-4-5-3-6(13)1-2-7(5)12(14)15/h1-4,13H,(H3,9,11,16)/b10-4+. The van der Waals surface area contributed by atoms with E-state index in [-0.39, 0.29) is 22.1 Å². The molecule has 0 amide bonds. The van der Waals surface area contributed by atoms with Crippen molar-refractivity contribution in [1.29, 1.82) is 0 Å². The van der Waals surface area contributed by atoms with E-state index in [1.165, 1.54) is 18.2 Å². The first kappa shape index (κ1) is 11.9. The van der Waals surface area contributed by atoms with Crippen LogP contribution in [0.5, 0.6) is 5.75 Å². The molecule has 0 spiro atoms. The Kier molecular flexibility index (Phi) is 3.72. The van der Waals surface area contributed by atoms with Gasteiger partial charge in [-0.2, -0.15) is 5.10 Å². The molecule has 0 unspecified atom stereocenters. The Bertz CT molecular complexity index is 461. The molecule has 7 nitrogen and oxygen atoms in total. The summed E-state index contributed by atoms with van der Waals surface area (Å²) in [7, 11) is 0. The Labute approximate surface area is 95.7 Å². The maximum atomic E-state index is 10.6. The fraction of sp³-hybridized carbons (Fsp3) is 0. The lowest BCUT2D eigenvalue weighted by atomic mass is 10.2. The van der Waals surface area contributed by atoms with Crippen molar-refractivity contribution in [2.45, 2.75) is 0 Å². The molecule has 0 radical (unpaired) electrons. The van der Waals surface area contributed by atoms with Gasteiger partial charge in [-0.15, -0.1) is 0 Å². The van der Waals surface area contributed by atoms with E-state index in [2.05, 4.69) is 22.7 Å². The van der Waals surface area contributed by atoms with Gasteiger partial charge in [-0.3, -0.25) is 15.5 Å². The second-order valence-electron chi connectivity index (χ2n) is 2.73. The number of nitrogens with two attached hydrogens (primary N) is 1. The molecule has 8 heteroatoms. The van der Waals surface area contributed by atoms with Crippen LogP contribution in [0.15, 0.2) is 23.3 Å². The number of hydrogen-bond donors (Lipinski definition) is 3. The Morgan fingerprint density at radius 1 is 1.69 bits per heavy atom. The number of nitrogens with one attached hydrogen (secondary N) is 1. The van der Waals surface area contributed by atoms with E-state index in [9.17, 15) is 15.2 Å². The van der Waals surface area contributed by atoms with Gasteiger partial charge in [0.1, 0.15) is 5.75 Å². The maximum Gasteiger partial charge on any atom is 0.278 e. The zero-order chi connectivity index (χ0) is 12.1. The van der Waals surface area contributed by atoms with Crippen molar-refractivity contribution in [2.75, 3.05) is 0 Å². The van der Waals surface area contributed by atoms with Gasteiger partial charge in [-0.25, -0.2) is 0 Å². The van der Waals surface area contributed by atoms with Gasteiger partial charge in [-0.05, 0) is 24.4 Å². The molecule has 84 valence electrons. The van der Waals surface area contributed by atoms with E-state index in [0.717, 1.165) is 6.21 Å². The molecule has 0 aliphatic rings. The van der Waals surface area contributed by atoms with Crippen molar-refractivity contribution in [1.82, 2.24) is 5.43 Å². The highest BCUT2D eigenvalue weighted by Crippen LogP contribution is 2.21. The van der Waals surface area contributed by atoms with Gasteiger partial charge in [0.15, 0.2) is 5.11 Å². The third-order valence-corrected chi connectivity index (χ3v) is 1.68. The lowest BCUT2D eigenvalue weighted by Gasteiger charge is -1.98. The normalized spacial score (nSPS) is 10.2. The Hall–Kier alpha value is -2.22. The first-order valence-electron chi connectivity index (χ1n) is 4.06. The molecular weight excluding hydrogens is 232 g/mol. The molecule has 4 N–H and O–H groups in total. The van der Waals surface area contributed by atoms with Gasteiger partial charge in [0.2, 0.25) is 0 Å². The molecule has 16 heavy (non-hydrogen) atoms. The lowest BCUT2D eigenvalue weighted by molar-refractivity contribution is -0.385. The van der Waals surface area contributed by atoms with Crippen LogP contribution in [0.3, 0.4) is 0 Å². The topological polar surface area (TPSA) is 114 Å². The van der Waals surface area contributed by atoms with Crippen LogP contribution in [-0.4, -0.2) is 21.4 Å². The lowest BCUT2D eigenvalue weighted by Crippen LogP contribution is -2.24. The third-order valence-electron chi connectivity index (χ3n) is 1.59. The predicted molar refractivity (Wildman–Crippen MR) is 62.3 cm³/mol. The number of nitrogens with zero attached hydrogens (tertiary/aromatic N) is 2. The average Bonchev–Trinajstić information content (AvgIpc) is 2.16. The van der Waals surface area contributed by atoms with Crippen molar-refractivity contribution in [3.05, 3.63) is 33.9 Å². The molecule has 0 heterocycles. The summed E-state index contributed by atoms with van der Waals surface area (Å²) < 4.78 is 0. The van der Waals surface area contributed by atoms with Crippen molar-refractivity contribution in [3.8, 4) is 5.75 Å². The minimum absolute atomic E-state index is 0.0564. The van der Waals surface area contributed by atoms with E-state index in [0.29, 0.717) is 0 Å². The molecule has 1 aromatic carbocycles. The van der Waals surface area contributed by atoms with Crippen molar-refractivity contribution in [2.24, 2.45) is 10.8 Å². The minimum atomic E-state index is -0.582. The summed E-state index contributed by atoms with van der Waals surface area (Å²) in [5, 5.41) is 23.3. The van der Waals surface area contributed by atoms with Gasteiger partial charge in [0.25, 0.3) is 5.69 Å². The molecule has 0 bridgehead atoms. The van der Waals surface area contributed by atoms with Crippen LogP contribution in [0.4, 0.5) is 5.69 Å². The van der Waals surface area contributed by atoms with Crippen LogP contribution in [0, 0.1) is 10.1 Å². The molecule has 0 aromatic heterocycles. The second kappa shape index (κ2) is 5.03. The predicted octanol–water partition coefficient (Wildman–Crippen LogP) is 0.468. The van der Waals surface area contributed by atoms with Crippen molar-refractivity contribution < 1.29 is 10.0 Å². The van der Waals surface area contributed by atoms with Gasteiger partial charge < -0.3 is 10.8 Å². The molecule has 0 fully saturated rings. The van der Waals surface area contributed by atoms with Gasteiger partial charge in [0, 0.05) is 6.07 Å². The first-order valence-corrected chi connectivity index (χ1v) is 4.47. The van der Waals surface area contributed by atoms with Crippen LogP contribution in [0.2, 0.25) is 0 Å². The number of hydrazone groups is 1. The number of hydrogen-bond acceptors (Lipinski definition) is 5. The quantitative estimate of drug-likeness (QED) is 0.306. The van der Waals surface area contributed by atoms with E-state index in [4.69, 9.17) is 5.73 Å². The van der Waals surface area contributed by atoms with Crippen molar-refractivity contribution >= 4 is 29.2 Å². The van der Waals surface area contributed by atoms with E-state index < -0.39 is 4.92 Å². The van der Waals surface area contributed by atoms with Gasteiger partial charge in [0.05, 0.1) is 16.7 Å². The largest absolute Gasteiger partial charge is 0.508 e. The summed E-state index contributed by atoms with van der Waals surface area (Å²) in [6.07, 6.45) is 1.15. The summed E-state index contributed by atoms with van der Waals surface area (Å²) in [6.45, 7) is 0. The average molecular weight is 240 g/mol. The highest BCUT2D eigenvalue weighted by atomic mass is 32.1. The van der Waals surface area contributed by atoms with Crippen LogP contribution >= 0.6 is 12.2 Å². The Morgan fingerprint density at radius 3 is 2.94 bits per heavy atom. The maximum absolute atomic E-state index is 10.6. The summed E-state index contributed by atoms with van der Waals surface area (Å²) in [5.41, 5.74) is 7.33. The molecule has 0 saturated heterocycles. The minimum Gasteiger partial charge on any atom is -0.508 e. The number of benzene rings is 1. The number of rotatable bonds is 3. The van der Waals surface area contributed by atoms with E-state index >= 15 is 0 Å². The Morgan fingerprint density at radius 2 is 2.38 bits per heavy atom. The molecule has 0 aliphatic carbocycles. The van der Waals surface area contributed by atoms with Gasteiger partial charge in [-0.1, -0.05) is 0 Å². The smallest absolute Gasteiger partial charge is 0.278 e. The molecule has 0 aliphatic heterocycles. The fourth-order valence-corrected chi connectivity index (χ4v) is 1.03. The summed E-state index contributed by atoms with van der Waals surface area (Å²) in [6, 6.07) is 3.61. The third kappa shape index (κ3) is 3.17. The summed E-state index contributed by atoms with van der Waals surface area (Å²) >= 11 is 4.49. The van der Waals surface area contributed by atoms with E-state index in [1.54, 1.807) is 0 Å². The molecule has 0 saturated carbocycles. The molecule has 1 aromatic rings. The van der Waals surface area contributed by atoms with Crippen LogP contribution < -0.4 is 11.2 Å². The van der Waals surface area contributed by atoms with Crippen molar-refractivity contribution in [3.63, 3.8) is 0 Å². The molecule has 1 rings (SSSR count). The monoisotopic (exact) mass is 240 g/mol. The molecule has 0 atom stereocenters.